The molecular formula is C26H25BO2. The largest absolute Gasteiger partial charge is 0.495 e. The van der Waals surface area contributed by atoms with Gasteiger partial charge in [0.25, 0.3) is 0 Å². The molecule has 144 valence electrons. The van der Waals surface area contributed by atoms with E-state index in [0.717, 1.165) is 5.46 Å². The summed E-state index contributed by atoms with van der Waals surface area (Å²) in [4.78, 5) is 0. The highest BCUT2D eigenvalue weighted by Gasteiger charge is 2.52. The van der Waals surface area contributed by atoms with Crippen molar-refractivity contribution in [1.29, 1.82) is 0 Å². The molecule has 2 nitrogen and oxygen atoms in total. The number of benzene rings is 4. The average Bonchev–Trinajstić information content (AvgIpc) is 2.93. The van der Waals surface area contributed by atoms with Crippen molar-refractivity contribution in [3.8, 4) is 11.1 Å². The summed E-state index contributed by atoms with van der Waals surface area (Å²) in [5.74, 6) is 0. The van der Waals surface area contributed by atoms with Crippen molar-refractivity contribution in [1.82, 2.24) is 0 Å². The van der Waals surface area contributed by atoms with E-state index in [1.54, 1.807) is 0 Å². The normalized spacial score (nSPS) is 17.9. The van der Waals surface area contributed by atoms with Crippen LogP contribution < -0.4 is 5.46 Å². The van der Waals surface area contributed by atoms with Gasteiger partial charge in [-0.3, -0.25) is 0 Å². The molecule has 5 rings (SSSR count). The first-order chi connectivity index (χ1) is 13.9. The van der Waals surface area contributed by atoms with Crippen molar-refractivity contribution in [2.75, 3.05) is 0 Å². The second-order valence-electron chi connectivity index (χ2n) is 8.87. The highest BCUT2D eigenvalue weighted by atomic mass is 16.7. The van der Waals surface area contributed by atoms with Crippen LogP contribution in [0.4, 0.5) is 0 Å². The van der Waals surface area contributed by atoms with Crippen LogP contribution in [0.2, 0.25) is 0 Å². The molecule has 29 heavy (non-hydrogen) atoms. The van der Waals surface area contributed by atoms with E-state index in [1.165, 1.54) is 32.7 Å². The lowest BCUT2D eigenvalue weighted by atomic mass is 9.74. The van der Waals surface area contributed by atoms with Crippen LogP contribution in [0.25, 0.3) is 32.7 Å². The van der Waals surface area contributed by atoms with Gasteiger partial charge >= 0.3 is 7.12 Å². The molecular weight excluding hydrogens is 355 g/mol. The van der Waals surface area contributed by atoms with Crippen molar-refractivity contribution in [3.05, 3.63) is 78.9 Å². The fraction of sp³-hybridized carbons (Fsp3) is 0.231. The van der Waals surface area contributed by atoms with E-state index in [-0.39, 0.29) is 18.3 Å². The Bertz CT molecular complexity index is 1200. The van der Waals surface area contributed by atoms with Gasteiger partial charge in [0.15, 0.2) is 0 Å². The van der Waals surface area contributed by atoms with Crippen LogP contribution in [-0.2, 0) is 9.31 Å². The first kappa shape index (κ1) is 18.4. The maximum atomic E-state index is 6.41. The molecule has 1 saturated heterocycles. The summed E-state index contributed by atoms with van der Waals surface area (Å²) in [6.07, 6.45) is 0. The molecule has 4 aromatic carbocycles. The third-order valence-corrected chi connectivity index (χ3v) is 6.52. The van der Waals surface area contributed by atoms with Gasteiger partial charge in [0.05, 0.1) is 11.2 Å². The Kier molecular flexibility index (Phi) is 4.09. The Morgan fingerprint density at radius 2 is 1.14 bits per heavy atom. The van der Waals surface area contributed by atoms with Gasteiger partial charge in [-0.1, -0.05) is 78.9 Å². The second-order valence-corrected chi connectivity index (χ2v) is 8.87. The first-order valence-electron chi connectivity index (χ1n) is 10.2. The van der Waals surface area contributed by atoms with E-state index in [4.69, 9.17) is 9.31 Å². The van der Waals surface area contributed by atoms with Crippen LogP contribution in [0.3, 0.4) is 0 Å². The molecule has 0 spiro atoms. The zero-order valence-corrected chi connectivity index (χ0v) is 17.4. The lowest BCUT2D eigenvalue weighted by Crippen LogP contribution is -2.41. The molecule has 4 aromatic rings. The fourth-order valence-electron chi connectivity index (χ4n) is 4.22. The molecule has 0 aromatic heterocycles. The highest BCUT2D eigenvalue weighted by Crippen LogP contribution is 2.38. The zero-order chi connectivity index (χ0) is 20.2. The Balaban J connectivity index is 1.77. The number of fused-ring (bicyclic) bond motifs is 2. The number of hydrogen-bond donors (Lipinski definition) is 0. The van der Waals surface area contributed by atoms with Gasteiger partial charge in [-0.25, -0.2) is 0 Å². The third-order valence-electron chi connectivity index (χ3n) is 6.52. The minimum Gasteiger partial charge on any atom is -0.399 e. The Hall–Kier alpha value is -2.62. The number of hydrogen-bond acceptors (Lipinski definition) is 2. The molecule has 3 heteroatoms. The molecule has 0 aliphatic carbocycles. The molecule has 0 saturated carbocycles. The van der Waals surface area contributed by atoms with E-state index in [0.29, 0.717) is 0 Å². The van der Waals surface area contributed by atoms with Gasteiger partial charge in [-0.15, -0.1) is 0 Å². The average molecular weight is 380 g/mol. The van der Waals surface area contributed by atoms with Crippen molar-refractivity contribution in [2.45, 2.75) is 38.9 Å². The molecule has 0 radical (unpaired) electrons. The predicted octanol–water partition coefficient (Wildman–Crippen LogP) is 5.96. The summed E-state index contributed by atoms with van der Waals surface area (Å²) in [6, 6.07) is 28.0. The summed E-state index contributed by atoms with van der Waals surface area (Å²) in [5.41, 5.74) is 2.80. The van der Waals surface area contributed by atoms with E-state index in [1.807, 2.05) is 0 Å². The summed E-state index contributed by atoms with van der Waals surface area (Å²) >= 11 is 0. The van der Waals surface area contributed by atoms with Crippen LogP contribution in [0.15, 0.2) is 78.9 Å². The molecule has 1 fully saturated rings. The van der Waals surface area contributed by atoms with E-state index >= 15 is 0 Å². The molecule has 1 aliphatic rings. The maximum Gasteiger partial charge on any atom is 0.495 e. The van der Waals surface area contributed by atoms with Crippen LogP contribution in [0.1, 0.15) is 27.7 Å². The van der Waals surface area contributed by atoms with Gasteiger partial charge in [0.2, 0.25) is 0 Å². The minimum absolute atomic E-state index is 0.367. The third kappa shape index (κ3) is 2.88. The molecule has 1 aliphatic heterocycles. The van der Waals surface area contributed by atoms with E-state index < -0.39 is 0 Å². The van der Waals surface area contributed by atoms with Crippen molar-refractivity contribution < 1.29 is 9.31 Å². The first-order valence-corrected chi connectivity index (χ1v) is 10.2. The van der Waals surface area contributed by atoms with Crippen LogP contribution in [-0.4, -0.2) is 18.3 Å². The van der Waals surface area contributed by atoms with Gasteiger partial charge in [-0.2, -0.15) is 0 Å². The Labute approximate surface area is 172 Å². The van der Waals surface area contributed by atoms with Gasteiger partial charge in [0.1, 0.15) is 0 Å². The second kappa shape index (κ2) is 6.45. The monoisotopic (exact) mass is 380 g/mol. The summed E-state index contributed by atoms with van der Waals surface area (Å²) in [5, 5.41) is 4.90. The molecule has 0 atom stereocenters. The lowest BCUT2D eigenvalue weighted by Gasteiger charge is -2.32. The van der Waals surface area contributed by atoms with E-state index in [2.05, 4.69) is 107 Å². The van der Waals surface area contributed by atoms with Gasteiger partial charge in [0, 0.05) is 0 Å². The summed E-state index contributed by atoms with van der Waals surface area (Å²) in [6.45, 7) is 8.40. The summed E-state index contributed by atoms with van der Waals surface area (Å²) in [7, 11) is -0.389. The SMILES string of the molecule is CC1(C)OB(c2cccc3cccc(-c4cccc5ccccc45)c23)OC1(C)C. The fourth-order valence-corrected chi connectivity index (χ4v) is 4.22. The van der Waals surface area contributed by atoms with Gasteiger partial charge in [-0.05, 0) is 65.8 Å². The van der Waals surface area contributed by atoms with Crippen molar-refractivity contribution >= 4 is 34.1 Å². The zero-order valence-electron chi connectivity index (χ0n) is 17.4. The Morgan fingerprint density at radius 3 is 1.86 bits per heavy atom. The lowest BCUT2D eigenvalue weighted by molar-refractivity contribution is 0.00578. The quantitative estimate of drug-likeness (QED) is 0.400. The predicted molar refractivity (Wildman–Crippen MR) is 123 cm³/mol. The number of rotatable bonds is 2. The van der Waals surface area contributed by atoms with Crippen molar-refractivity contribution in [2.24, 2.45) is 0 Å². The molecule has 0 amide bonds. The van der Waals surface area contributed by atoms with Crippen molar-refractivity contribution in [3.63, 3.8) is 0 Å². The molecule has 0 N–H and O–H groups in total. The smallest absolute Gasteiger partial charge is 0.399 e. The molecule has 0 unspecified atom stereocenters. The van der Waals surface area contributed by atoms with Gasteiger partial charge < -0.3 is 9.31 Å². The maximum absolute atomic E-state index is 6.41. The van der Waals surface area contributed by atoms with Crippen LogP contribution in [0, 0.1) is 0 Å². The highest BCUT2D eigenvalue weighted by molar-refractivity contribution is 6.65. The van der Waals surface area contributed by atoms with Crippen LogP contribution >= 0.6 is 0 Å². The molecule has 0 bridgehead atoms. The van der Waals surface area contributed by atoms with E-state index in [9.17, 15) is 0 Å². The van der Waals surface area contributed by atoms with Crippen LogP contribution in [0.5, 0.6) is 0 Å². The summed E-state index contributed by atoms with van der Waals surface area (Å²) < 4.78 is 12.8. The Morgan fingerprint density at radius 1 is 0.586 bits per heavy atom. The topological polar surface area (TPSA) is 18.5 Å². The standard InChI is InChI=1S/C26H25BO2/c1-25(2)26(3,4)29-27(28-25)23-17-9-13-19-12-8-16-22(24(19)23)21-15-7-11-18-10-5-6-14-20(18)21/h5-17H,1-4H3. The molecule has 1 heterocycles. The minimum atomic E-state index is -0.389.